The first kappa shape index (κ1) is 16.8. The molecule has 0 atom stereocenters. The van der Waals surface area contributed by atoms with E-state index in [4.69, 9.17) is 9.47 Å². The Labute approximate surface area is 145 Å². The lowest BCUT2D eigenvalue weighted by Crippen LogP contribution is -2.30. The molecular formula is C18H19N3O4. The van der Waals surface area contributed by atoms with E-state index in [2.05, 4.69) is 10.3 Å². The van der Waals surface area contributed by atoms with Crippen LogP contribution in [0.1, 0.15) is 17.5 Å². The monoisotopic (exact) mass is 341 g/mol. The predicted molar refractivity (Wildman–Crippen MR) is 94.4 cm³/mol. The maximum atomic E-state index is 10.9. The summed E-state index contributed by atoms with van der Waals surface area (Å²) in [6.45, 7) is 1.83. The first-order valence-corrected chi connectivity index (χ1v) is 8.01. The normalized spacial score (nSPS) is 13.6. The van der Waals surface area contributed by atoms with Crippen molar-refractivity contribution in [3.63, 3.8) is 0 Å². The van der Waals surface area contributed by atoms with Crippen molar-refractivity contribution in [1.82, 2.24) is 5.32 Å². The van der Waals surface area contributed by atoms with E-state index < -0.39 is 4.92 Å². The highest BCUT2D eigenvalue weighted by Gasteiger charge is 2.17. The van der Waals surface area contributed by atoms with E-state index in [9.17, 15) is 10.1 Å². The molecule has 0 unspecified atom stereocenters. The number of non-ortho nitro benzene ring substituents is 1. The molecule has 1 N–H and O–H groups in total. The van der Waals surface area contributed by atoms with Crippen molar-refractivity contribution in [1.29, 1.82) is 0 Å². The summed E-state index contributed by atoms with van der Waals surface area (Å²) in [5.41, 5.74) is 1.58. The number of aliphatic imine (C=N–C) groups is 1. The highest BCUT2D eigenvalue weighted by atomic mass is 16.6. The number of para-hydroxylation sites is 1. The molecule has 0 bridgehead atoms. The molecule has 130 valence electrons. The summed E-state index contributed by atoms with van der Waals surface area (Å²) in [5, 5.41) is 14.2. The number of amidine groups is 1. The van der Waals surface area contributed by atoms with Gasteiger partial charge in [0, 0.05) is 25.2 Å². The van der Waals surface area contributed by atoms with E-state index in [-0.39, 0.29) is 12.3 Å². The SMILES string of the molecule is COc1cccc(C2=NCCCN2)c1OCc1cccc([N+](=O)[O-])c1. The van der Waals surface area contributed by atoms with Crippen molar-refractivity contribution in [3.05, 3.63) is 63.7 Å². The largest absolute Gasteiger partial charge is 0.493 e. The number of hydrogen-bond acceptors (Lipinski definition) is 6. The molecule has 7 heteroatoms. The van der Waals surface area contributed by atoms with Gasteiger partial charge in [0.2, 0.25) is 0 Å². The van der Waals surface area contributed by atoms with Gasteiger partial charge in [0.15, 0.2) is 11.5 Å². The first-order valence-electron chi connectivity index (χ1n) is 8.01. The molecule has 0 spiro atoms. The maximum Gasteiger partial charge on any atom is 0.269 e. The van der Waals surface area contributed by atoms with E-state index in [1.807, 2.05) is 18.2 Å². The summed E-state index contributed by atoms with van der Waals surface area (Å²) in [6.07, 6.45) is 0.997. The minimum absolute atomic E-state index is 0.0414. The van der Waals surface area contributed by atoms with Gasteiger partial charge in [0.05, 0.1) is 17.6 Å². The van der Waals surface area contributed by atoms with Crippen molar-refractivity contribution in [3.8, 4) is 11.5 Å². The molecule has 0 amide bonds. The second kappa shape index (κ2) is 7.65. The Morgan fingerprint density at radius 1 is 1.28 bits per heavy atom. The lowest BCUT2D eigenvalue weighted by atomic mass is 10.1. The van der Waals surface area contributed by atoms with Crippen molar-refractivity contribution < 1.29 is 14.4 Å². The van der Waals surface area contributed by atoms with Gasteiger partial charge in [-0.1, -0.05) is 18.2 Å². The first-order chi connectivity index (χ1) is 12.2. The Bertz CT molecular complexity index is 805. The fraction of sp³-hybridized carbons (Fsp3) is 0.278. The predicted octanol–water partition coefficient (Wildman–Crippen LogP) is 2.92. The number of nitro benzene ring substituents is 1. The second-order valence-electron chi connectivity index (χ2n) is 5.56. The van der Waals surface area contributed by atoms with E-state index in [1.165, 1.54) is 12.1 Å². The van der Waals surface area contributed by atoms with Gasteiger partial charge < -0.3 is 14.8 Å². The number of hydrogen-bond donors (Lipinski definition) is 1. The van der Waals surface area contributed by atoms with Crippen LogP contribution in [0.25, 0.3) is 0 Å². The Hall–Kier alpha value is -3.09. The molecule has 1 heterocycles. The molecule has 2 aromatic carbocycles. The molecule has 2 aromatic rings. The summed E-state index contributed by atoms with van der Waals surface area (Å²) in [7, 11) is 1.58. The highest BCUT2D eigenvalue weighted by Crippen LogP contribution is 2.32. The zero-order valence-electron chi connectivity index (χ0n) is 13.9. The van der Waals surface area contributed by atoms with Crippen LogP contribution in [0.5, 0.6) is 11.5 Å². The van der Waals surface area contributed by atoms with Gasteiger partial charge in [0.1, 0.15) is 12.4 Å². The molecule has 3 rings (SSSR count). The van der Waals surface area contributed by atoms with Gasteiger partial charge in [-0.25, -0.2) is 0 Å². The van der Waals surface area contributed by atoms with Gasteiger partial charge in [-0.2, -0.15) is 0 Å². The number of methoxy groups -OCH3 is 1. The number of rotatable bonds is 6. The summed E-state index contributed by atoms with van der Waals surface area (Å²) in [5.74, 6) is 1.95. The van der Waals surface area contributed by atoms with Crippen LogP contribution in [0.4, 0.5) is 5.69 Å². The highest BCUT2D eigenvalue weighted by molar-refractivity contribution is 6.02. The van der Waals surface area contributed by atoms with E-state index >= 15 is 0 Å². The van der Waals surface area contributed by atoms with Crippen LogP contribution in [0.3, 0.4) is 0 Å². The van der Waals surface area contributed by atoms with Crippen LogP contribution in [0, 0.1) is 10.1 Å². The average molecular weight is 341 g/mol. The fourth-order valence-electron chi connectivity index (χ4n) is 2.64. The molecule has 0 saturated carbocycles. The number of benzene rings is 2. The van der Waals surface area contributed by atoms with Gasteiger partial charge in [0.25, 0.3) is 5.69 Å². The van der Waals surface area contributed by atoms with Crippen LogP contribution >= 0.6 is 0 Å². The van der Waals surface area contributed by atoms with Crippen molar-refractivity contribution in [2.75, 3.05) is 20.2 Å². The Balaban J connectivity index is 1.87. The summed E-state index contributed by atoms with van der Waals surface area (Å²) in [6, 6.07) is 12.0. The standard InChI is InChI=1S/C18H19N3O4/c1-24-16-8-3-7-15(18-19-9-4-10-20-18)17(16)25-12-13-5-2-6-14(11-13)21(22)23/h2-3,5-8,11H,4,9-10,12H2,1H3,(H,19,20). The summed E-state index contributed by atoms with van der Waals surface area (Å²) < 4.78 is 11.4. The van der Waals surface area contributed by atoms with Crippen LogP contribution in [0.2, 0.25) is 0 Å². The van der Waals surface area contributed by atoms with Gasteiger partial charge in [-0.15, -0.1) is 0 Å². The molecule has 0 fully saturated rings. The van der Waals surface area contributed by atoms with Crippen molar-refractivity contribution >= 4 is 11.5 Å². The lowest BCUT2D eigenvalue weighted by Gasteiger charge is -2.19. The second-order valence-corrected chi connectivity index (χ2v) is 5.56. The quantitative estimate of drug-likeness (QED) is 0.645. The molecule has 25 heavy (non-hydrogen) atoms. The molecule has 0 saturated heterocycles. The zero-order valence-corrected chi connectivity index (χ0v) is 13.9. The van der Waals surface area contributed by atoms with Gasteiger partial charge in [-0.05, 0) is 24.1 Å². The number of ether oxygens (including phenoxy) is 2. The van der Waals surface area contributed by atoms with E-state index in [0.29, 0.717) is 17.1 Å². The Kier molecular flexibility index (Phi) is 5.13. The third-order valence-electron chi connectivity index (χ3n) is 3.86. The Morgan fingerprint density at radius 2 is 2.12 bits per heavy atom. The smallest absolute Gasteiger partial charge is 0.269 e. The van der Waals surface area contributed by atoms with Gasteiger partial charge >= 0.3 is 0 Å². The molecule has 0 aliphatic carbocycles. The van der Waals surface area contributed by atoms with Crippen LogP contribution in [-0.2, 0) is 6.61 Å². The van der Waals surface area contributed by atoms with Crippen molar-refractivity contribution in [2.45, 2.75) is 13.0 Å². The average Bonchev–Trinajstić information content (AvgIpc) is 2.67. The summed E-state index contributed by atoms with van der Waals surface area (Å²) in [4.78, 5) is 15.0. The van der Waals surface area contributed by atoms with Crippen LogP contribution in [0.15, 0.2) is 47.5 Å². The zero-order chi connectivity index (χ0) is 17.6. The molecule has 0 radical (unpaired) electrons. The minimum Gasteiger partial charge on any atom is -0.493 e. The molecular weight excluding hydrogens is 322 g/mol. The lowest BCUT2D eigenvalue weighted by molar-refractivity contribution is -0.384. The van der Waals surface area contributed by atoms with Crippen molar-refractivity contribution in [2.24, 2.45) is 4.99 Å². The molecule has 0 aromatic heterocycles. The number of nitrogens with zero attached hydrogens (tertiary/aromatic N) is 2. The van der Waals surface area contributed by atoms with Crippen LogP contribution in [-0.4, -0.2) is 31.0 Å². The maximum absolute atomic E-state index is 10.9. The van der Waals surface area contributed by atoms with Gasteiger partial charge in [-0.3, -0.25) is 15.1 Å². The van der Waals surface area contributed by atoms with Crippen LogP contribution < -0.4 is 14.8 Å². The van der Waals surface area contributed by atoms with E-state index in [1.54, 1.807) is 19.2 Å². The topological polar surface area (TPSA) is 86.0 Å². The summed E-state index contributed by atoms with van der Waals surface area (Å²) >= 11 is 0. The molecule has 7 nitrogen and oxygen atoms in total. The number of nitro groups is 1. The van der Waals surface area contributed by atoms with E-state index in [0.717, 1.165) is 30.9 Å². The minimum atomic E-state index is -0.418. The molecule has 1 aliphatic heterocycles. The Morgan fingerprint density at radius 3 is 2.84 bits per heavy atom. The fourth-order valence-corrected chi connectivity index (χ4v) is 2.64. The molecule has 1 aliphatic rings. The third-order valence-corrected chi connectivity index (χ3v) is 3.86. The third kappa shape index (κ3) is 3.88. The number of nitrogens with one attached hydrogen (secondary N) is 1.